The molecule has 2 rings (SSSR count). The van der Waals surface area contributed by atoms with E-state index in [1.807, 2.05) is 0 Å². The summed E-state index contributed by atoms with van der Waals surface area (Å²) in [6.07, 6.45) is 4.21. The first-order valence-electron chi connectivity index (χ1n) is 4.40. The molecule has 0 aliphatic heterocycles. The molecule has 58 valence electrons. The highest BCUT2D eigenvalue weighted by atomic mass is 14.3. The van der Waals surface area contributed by atoms with Gasteiger partial charge in [0.2, 0.25) is 0 Å². The molecule has 1 aromatic carbocycles. The summed E-state index contributed by atoms with van der Waals surface area (Å²) in [4.78, 5) is 0. The van der Waals surface area contributed by atoms with E-state index in [1.165, 1.54) is 30.4 Å². The van der Waals surface area contributed by atoms with Crippen LogP contribution in [-0.4, -0.2) is 0 Å². The summed E-state index contributed by atoms with van der Waals surface area (Å²) in [5.74, 6) is 1.01. The maximum absolute atomic E-state index is 2.30. The molecule has 0 spiro atoms. The molecule has 1 saturated carbocycles. The van der Waals surface area contributed by atoms with E-state index in [9.17, 15) is 0 Å². The first-order chi connectivity index (χ1) is 5.34. The van der Waals surface area contributed by atoms with Gasteiger partial charge in [0.1, 0.15) is 0 Å². The molecule has 1 aliphatic carbocycles. The minimum absolute atomic E-state index is 1.01. The first kappa shape index (κ1) is 6.90. The zero-order valence-electron chi connectivity index (χ0n) is 7.01. The Morgan fingerprint density at radius 3 is 2.82 bits per heavy atom. The zero-order valence-corrected chi connectivity index (χ0v) is 7.01. The van der Waals surface area contributed by atoms with E-state index in [4.69, 9.17) is 0 Å². The monoisotopic (exact) mass is 146 g/mol. The Balaban J connectivity index is 2.10. The second-order valence-corrected chi connectivity index (χ2v) is 3.64. The SMILES string of the molecule is Cc1cccc(CC2CC2)c1. The summed E-state index contributed by atoms with van der Waals surface area (Å²) in [5, 5.41) is 0. The third-order valence-electron chi connectivity index (χ3n) is 2.30. The predicted octanol–water partition coefficient (Wildman–Crippen LogP) is 2.95. The lowest BCUT2D eigenvalue weighted by Gasteiger charge is -1.99. The van der Waals surface area contributed by atoms with Crippen LogP contribution in [0.5, 0.6) is 0 Å². The number of hydrogen-bond donors (Lipinski definition) is 0. The van der Waals surface area contributed by atoms with Gasteiger partial charge in [0, 0.05) is 0 Å². The Labute approximate surface area is 68.3 Å². The van der Waals surface area contributed by atoms with Gasteiger partial charge >= 0.3 is 0 Å². The van der Waals surface area contributed by atoms with Crippen molar-refractivity contribution >= 4 is 0 Å². The van der Waals surface area contributed by atoms with Gasteiger partial charge in [-0.15, -0.1) is 0 Å². The highest BCUT2D eigenvalue weighted by Crippen LogP contribution is 2.32. The van der Waals surface area contributed by atoms with Gasteiger partial charge in [0.25, 0.3) is 0 Å². The molecular weight excluding hydrogens is 132 g/mol. The quantitative estimate of drug-likeness (QED) is 0.601. The molecule has 1 fully saturated rings. The van der Waals surface area contributed by atoms with E-state index >= 15 is 0 Å². The number of benzene rings is 1. The fourth-order valence-corrected chi connectivity index (χ4v) is 1.49. The summed E-state index contributed by atoms with van der Waals surface area (Å²) in [5.41, 5.74) is 2.91. The molecule has 11 heavy (non-hydrogen) atoms. The fraction of sp³-hybridized carbons (Fsp3) is 0.455. The zero-order chi connectivity index (χ0) is 7.68. The molecule has 0 aromatic heterocycles. The van der Waals surface area contributed by atoms with E-state index < -0.39 is 0 Å². The van der Waals surface area contributed by atoms with E-state index in [1.54, 1.807) is 0 Å². The van der Waals surface area contributed by atoms with E-state index in [2.05, 4.69) is 31.2 Å². The van der Waals surface area contributed by atoms with Crippen LogP contribution in [0.3, 0.4) is 0 Å². The van der Waals surface area contributed by atoms with Gasteiger partial charge in [-0.2, -0.15) is 0 Å². The van der Waals surface area contributed by atoms with Gasteiger partial charge in [0.15, 0.2) is 0 Å². The van der Waals surface area contributed by atoms with Crippen LogP contribution in [0.15, 0.2) is 24.3 Å². The third-order valence-corrected chi connectivity index (χ3v) is 2.30. The van der Waals surface area contributed by atoms with Crippen molar-refractivity contribution in [3.63, 3.8) is 0 Å². The van der Waals surface area contributed by atoms with Gasteiger partial charge in [-0.3, -0.25) is 0 Å². The molecule has 0 bridgehead atoms. The lowest BCUT2D eigenvalue weighted by atomic mass is 10.1. The van der Waals surface area contributed by atoms with Crippen molar-refractivity contribution in [2.45, 2.75) is 26.2 Å². The maximum Gasteiger partial charge on any atom is -0.0250 e. The molecule has 0 atom stereocenters. The number of aryl methyl sites for hydroxylation is 1. The van der Waals surface area contributed by atoms with Gasteiger partial charge in [-0.05, 0) is 37.7 Å². The van der Waals surface area contributed by atoms with Crippen LogP contribution in [0.2, 0.25) is 0 Å². The molecule has 0 unspecified atom stereocenters. The van der Waals surface area contributed by atoms with Gasteiger partial charge in [-0.1, -0.05) is 29.8 Å². The minimum atomic E-state index is 1.01. The van der Waals surface area contributed by atoms with Crippen LogP contribution in [0.1, 0.15) is 24.0 Å². The maximum atomic E-state index is 2.30. The minimum Gasteiger partial charge on any atom is -0.0617 e. The summed E-state index contributed by atoms with van der Waals surface area (Å²) in [6, 6.07) is 8.87. The number of rotatable bonds is 2. The second-order valence-electron chi connectivity index (χ2n) is 3.64. The third kappa shape index (κ3) is 1.83. The smallest absolute Gasteiger partial charge is 0.0250 e. The van der Waals surface area contributed by atoms with Crippen molar-refractivity contribution < 1.29 is 0 Å². The van der Waals surface area contributed by atoms with Crippen molar-refractivity contribution in [1.82, 2.24) is 0 Å². The summed E-state index contributed by atoms with van der Waals surface area (Å²) >= 11 is 0. The Bertz CT molecular complexity index is 246. The molecule has 0 N–H and O–H groups in total. The first-order valence-corrected chi connectivity index (χ1v) is 4.40. The highest BCUT2D eigenvalue weighted by Gasteiger charge is 2.20. The molecule has 0 radical (unpaired) electrons. The molecule has 0 saturated heterocycles. The van der Waals surface area contributed by atoms with Gasteiger partial charge < -0.3 is 0 Å². The standard InChI is InChI=1S/C11H14/c1-9-3-2-4-11(7-9)8-10-5-6-10/h2-4,7,10H,5-6,8H2,1H3. The second kappa shape index (κ2) is 2.69. The molecule has 1 aromatic rings. The topological polar surface area (TPSA) is 0 Å². The van der Waals surface area contributed by atoms with Crippen molar-refractivity contribution in [1.29, 1.82) is 0 Å². The van der Waals surface area contributed by atoms with E-state index in [0.29, 0.717) is 0 Å². The van der Waals surface area contributed by atoms with Crippen molar-refractivity contribution in [3.05, 3.63) is 35.4 Å². The van der Waals surface area contributed by atoms with Crippen molar-refractivity contribution in [3.8, 4) is 0 Å². The summed E-state index contributed by atoms with van der Waals surface area (Å²) in [6.45, 7) is 2.16. The van der Waals surface area contributed by atoms with Gasteiger partial charge in [-0.25, -0.2) is 0 Å². The Kier molecular flexibility index (Phi) is 1.69. The number of hydrogen-bond acceptors (Lipinski definition) is 0. The summed E-state index contributed by atoms with van der Waals surface area (Å²) < 4.78 is 0. The van der Waals surface area contributed by atoms with Crippen LogP contribution < -0.4 is 0 Å². The summed E-state index contributed by atoms with van der Waals surface area (Å²) in [7, 11) is 0. The lowest BCUT2D eigenvalue weighted by molar-refractivity contribution is 0.831. The molecule has 0 nitrogen and oxygen atoms in total. The molecular formula is C11H14. The van der Waals surface area contributed by atoms with E-state index in [-0.39, 0.29) is 0 Å². The van der Waals surface area contributed by atoms with Crippen LogP contribution in [0.25, 0.3) is 0 Å². The fourth-order valence-electron chi connectivity index (χ4n) is 1.49. The normalized spacial score (nSPS) is 16.8. The Hall–Kier alpha value is -0.780. The van der Waals surface area contributed by atoms with Crippen LogP contribution >= 0.6 is 0 Å². The molecule has 1 aliphatic rings. The van der Waals surface area contributed by atoms with Crippen molar-refractivity contribution in [2.24, 2.45) is 5.92 Å². The van der Waals surface area contributed by atoms with Crippen LogP contribution in [0.4, 0.5) is 0 Å². The van der Waals surface area contributed by atoms with Crippen molar-refractivity contribution in [2.75, 3.05) is 0 Å². The Morgan fingerprint density at radius 1 is 1.36 bits per heavy atom. The molecule has 0 heterocycles. The largest absolute Gasteiger partial charge is 0.0617 e. The van der Waals surface area contributed by atoms with Gasteiger partial charge in [0.05, 0.1) is 0 Å². The highest BCUT2D eigenvalue weighted by molar-refractivity contribution is 5.23. The Morgan fingerprint density at radius 2 is 2.18 bits per heavy atom. The average Bonchev–Trinajstić information content (AvgIpc) is 2.71. The molecule has 0 amide bonds. The molecule has 0 heteroatoms. The van der Waals surface area contributed by atoms with Crippen LogP contribution in [0, 0.1) is 12.8 Å². The van der Waals surface area contributed by atoms with E-state index in [0.717, 1.165) is 5.92 Å². The van der Waals surface area contributed by atoms with Crippen LogP contribution in [-0.2, 0) is 6.42 Å². The average molecular weight is 146 g/mol. The lowest BCUT2D eigenvalue weighted by Crippen LogP contribution is -1.86. The predicted molar refractivity (Wildman–Crippen MR) is 47.6 cm³/mol.